The van der Waals surface area contributed by atoms with Gasteiger partial charge in [0.25, 0.3) is 5.91 Å². The SMILES string of the molecule is COC(=O)c1ccc2nc(NC(=O)c3ccc(Br)s3)sc2c1. The van der Waals surface area contributed by atoms with Crippen LogP contribution in [0.1, 0.15) is 20.0 Å². The highest BCUT2D eigenvalue weighted by molar-refractivity contribution is 9.11. The molecule has 8 heteroatoms. The van der Waals surface area contributed by atoms with Gasteiger partial charge in [-0.05, 0) is 46.3 Å². The van der Waals surface area contributed by atoms with E-state index in [4.69, 9.17) is 0 Å². The maximum Gasteiger partial charge on any atom is 0.337 e. The average molecular weight is 397 g/mol. The number of rotatable bonds is 3. The minimum Gasteiger partial charge on any atom is -0.465 e. The van der Waals surface area contributed by atoms with Crippen LogP contribution in [-0.4, -0.2) is 24.0 Å². The zero-order valence-electron chi connectivity index (χ0n) is 11.3. The summed E-state index contributed by atoms with van der Waals surface area (Å²) in [5.41, 5.74) is 1.18. The number of esters is 1. The lowest BCUT2D eigenvalue weighted by Gasteiger charge is -1.97. The minimum absolute atomic E-state index is 0.206. The first kappa shape index (κ1) is 15.1. The highest BCUT2D eigenvalue weighted by atomic mass is 79.9. The molecule has 0 aliphatic carbocycles. The second kappa shape index (κ2) is 6.15. The number of anilines is 1. The fourth-order valence-corrected chi connectivity index (χ4v) is 4.00. The Morgan fingerprint density at radius 1 is 1.23 bits per heavy atom. The summed E-state index contributed by atoms with van der Waals surface area (Å²) in [7, 11) is 1.34. The Hall–Kier alpha value is -1.77. The lowest BCUT2D eigenvalue weighted by atomic mass is 10.2. The van der Waals surface area contributed by atoms with Crippen LogP contribution in [0.15, 0.2) is 34.1 Å². The number of benzene rings is 1. The molecule has 2 heterocycles. The second-order valence-corrected chi connectivity index (χ2v) is 7.74. The van der Waals surface area contributed by atoms with Gasteiger partial charge in [-0.1, -0.05) is 11.3 Å². The normalized spacial score (nSPS) is 10.6. The molecule has 0 unspecified atom stereocenters. The zero-order chi connectivity index (χ0) is 15.7. The van der Waals surface area contributed by atoms with E-state index in [-0.39, 0.29) is 5.91 Å². The van der Waals surface area contributed by atoms with E-state index >= 15 is 0 Å². The van der Waals surface area contributed by atoms with Crippen LogP contribution in [0, 0.1) is 0 Å². The standard InChI is InChI=1S/C14H9BrN2O3S2/c1-20-13(19)7-2-3-8-10(6-7)22-14(16-8)17-12(18)9-4-5-11(15)21-9/h2-6H,1H3,(H,16,17,18). The molecule has 3 aromatic rings. The fourth-order valence-electron chi connectivity index (χ4n) is 1.82. The van der Waals surface area contributed by atoms with Crippen LogP contribution in [0.2, 0.25) is 0 Å². The van der Waals surface area contributed by atoms with E-state index in [0.717, 1.165) is 14.0 Å². The van der Waals surface area contributed by atoms with Gasteiger partial charge < -0.3 is 4.74 Å². The number of nitrogens with one attached hydrogen (secondary N) is 1. The summed E-state index contributed by atoms with van der Waals surface area (Å²) in [4.78, 5) is 28.6. The Balaban J connectivity index is 1.85. The number of hydrogen-bond donors (Lipinski definition) is 1. The van der Waals surface area contributed by atoms with Crippen molar-refractivity contribution in [1.29, 1.82) is 0 Å². The molecule has 1 N–H and O–H groups in total. The summed E-state index contributed by atoms with van der Waals surface area (Å²) in [5.74, 6) is -0.604. The fraction of sp³-hybridized carbons (Fsp3) is 0.0714. The second-order valence-electron chi connectivity index (χ2n) is 4.25. The van der Waals surface area contributed by atoms with Gasteiger partial charge in [0, 0.05) is 0 Å². The third-order valence-corrected chi connectivity index (χ3v) is 5.38. The number of halogens is 1. The first-order valence-electron chi connectivity index (χ1n) is 6.12. The van der Waals surface area contributed by atoms with Gasteiger partial charge in [0.2, 0.25) is 0 Å². The Bertz CT molecular complexity index is 872. The number of hydrogen-bond acceptors (Lipinski definition) is 6. The molecule has 1 amide bonds. The van der Waals surface area contributed by atoms with Crippen LogP contribution < -0.4 is 5.32 Å². The molecule has 0 aliphatic rings. The van der Waals surface area contributed by atoms with E-state index in [1.165, 1.54) is 29.8 Å². The lowest BCUT2D eigenvalue weighted by molar-refractivity contribution is 0.0601. The van der Waals surface area contributed by atoms with Crippen LogP contribution in [0.5, 0.6) is 0 Å². The molecule has 5 nitrogen and oxygen atoms in total. The smallest absolute Gasteiger partial charge is 0.337 e. The molecule has 0 saturated carbocycles. The van der Waals surface area contributed by atoms with E-state index < -0.39 is 5.97 Å². The summed E-state index contributed by atoms with van der Waals surface area (Å²) < 4.78 is 6.39. The molecule has 0 bridgehead atoms. The summed E-state index contributed by atoms with van der Waals surface area (Å²) in [5, 5.41) is 3.26. The predicted molar refractivity (Wildman–Crippen MR) is 90.9 cm³/mol. The Labute approximate surface area is 142 Å². The lowest BCUT2D eigenvalue weighted by Crippen LogP contribution is -2.09. The van der Waals surface area contributed by atoms with Gasteiger partial charge in [0.1, 0.15) is 0 Å². The molecular weight excluding hydrogens is 388 g/mol. The monoisotopic (exact) mass is 396 g/mol. The average Bonchev–Trinajstić information content (AvgIpc) is 3.11. The molecular formula is C14H9BrN2O3S2. The maximum absolute atomic E-state index is 12.1. The number of carbonyl (C=O) groups excluding carboxylic acids is 2. The molecule has 1 aromatic carbocycles. The summed E-state index contributed by atoms with van der Waals surface area (Å²) in [6.07, 6.45) is 0. The van der Waals surface area contributed by atoms with Crippen molar-refractivity contribution in [3.8, 4) is 0 Å². The van der Waals surface area contributed by atoms with Gasteiger partial charge in [-0.25, -0.2) is 9.78 Å². The largest absolute Gasteiger partial charge is 0.465 e. The Kier molecular flexibility index (Phi) is 4.23. The molecule has 0 atom stereocenters. The van der Waals surface area contributed by atoms with Gasteiger partial charge >= 0.3 is 5.97 Å². The molecule has 3 rings (SSSR count). The van der Waals surface area contributed by atoms with Crippen molar-refractivity contribution in [3.63, 3.8) is 0 Å². The van der Waals surface area contributed by atoms with Crippen LogP contribution in [0.25, 0.3) is 10.2 Å². The van der Waals surface area contributed by atoms with Gasteiger partial charge in [0.15, 0.2) is 5.13 Å². The third-order valence-electron chi connectivity index (χ3n) is 2.83. The Morgan fingerprint density at radius 3 is 2.73 bits per heavy atom. The summed E-state index contributed by atoms with van der Waals surface area (Å²) in [6, 6.07) is 8.65. The van der Waals surface area contributed by atoms with Crippen molar-refractivity contribution in [2.24, 2.45) is 0 Å². The number of thiophene rings is 1. The zero-order valence-corrected chi connectivity index (χ0v) is 14.5. The third kappa shape index (κ3) is 3.03. The Morgan fingerprint density at radius 2 is 2.05 bits per heavy atom. The highest BCUT2D eigenvalue weighted by Gasteiger charge is 2.13. The van der Waals surface area contributed by atoms with Crippen molar-refractivity contribution in [2.75, 3.05) is 12.4 Å². The van der Waals surface area contributed by atoms with Crippen molar-refractivity contribution < 1.29 is 14.3 Å². The van der Waals surface area contributed by atoms with Crippen molar-refractivity contribution >= 4 is 65.8 Å². The molecule has 0 radical (unpaired) electrons. The van der Waals surface area contributed by atoms with Gasteiger partial charge in [-0.15, -0.1) is 11.3 Å². The minimum atomic E-state index is -0.399. The number of amides is 1. The first-order chi connectivity index (χ1) is 10.6. The van der Waals surface area contributed by atoms with E-state index in [1.54, 1.807) is 24.3 Å². The van der Waals surface area contributed by atoms with Crippen LogP contribution >= 0.6 is 38.6 Å². The number of ether oxygens (including phenoxy) is 1. The van der Waals surface area contributed by atoms with Gasteiger partial charge in [-0.3, -0.25) is 10.1 Å². The number of fused-ring (bicyclic) bond motifs is 1. The van der Waals surface area contributed by atoms with Gasteiger partial charge in [-0.2, -0.15) is 0 Å². The summed E-state index contributed by atoms with van der Waals surface area (Å²) >= 11 is 5.99. The van der Waals surface area contributed by atoms with Crippen LogP contribution in [0.3, 0.4) is 0 Å². The number of thiazole rings is 1. The quantitative estimate of drug-likeness (QED) is 0.674. The highest BCUT2D eigenvalue weighted by Crippen LogP contribution is 2.28. The maximum atomic E-state index is 12.1. The molecule has 0 saturated heterocycles. The molecule has 0 aliphatic heterocycles. The van der Waals surface area contributed by atoms with Crippen LogP contribution in [0.4, 0.5) is 5.13 Å². The predicted octanol–water partition coefficient (Wildman–Crippen LogP) is 4.16. The van der Waals surface area contributed by atoms with E-state index in [1.807, 2.05) is 6.07 Å². The number of methoxy groups -OCH3 is 1. The molecule has 112 valence electrons. The topological polar surface area (TPSA) is 68.3 Å². The van der Waals surface area contributed by atoms with E-state index in [2.05, 4.69) is 31.0 Å². The van der Waals surface area contributed by atoms with Crippen molar-refractivity contribution in [1.82, 2.24) is 4.98 Å². The molecule has 0 fully saturated rings. The first-order valence-corrected chi connectivity index (χ1v) is 8.55. The van der Waals surface area contributed by atoms with E-state index in [0.29, 0.717) is 15.6 Å². The number of nitrogens with zero attached hydrogens (tertiary/aromatic N) is 1. The number of aromatic nitrogens is 1. The van der Waals surface area contributed by atoms with Crippen LogP contribution in [-0.2, 0) is 4.74 Å². The molecule has 22 heavy (non-hydrogen) atoms. The summed E-state index contributed by atoms with van der Waals surface area (Å²) in [6.45, 7) is 0. The van der Waals surface area contributed by atoms with Gasteiger partial charge in [0.05, 0.1) is 31.6 Å². The number of carbonyl (C=O) groups is 2. The molecule has 2 aromatic heterocycles. The van der Waals surface area contributed by atoms with E-state index in [9.17, 15) is 9.59 Å². The van der Waals surface area contributed by atoms with Crippen molar-refractivity contribution in [2.45, 2.75) is 0 Å². The van der Waals surface area contributed by atoms with Crippen molar-refractivity contribution in [3.05, 3.63) is 44.6 Å². The molecule has 0 spiro atoms.